The second-order valence-corrected chi connectivity index (χ2v) is 12.2. The summed E-state index contributed by atoms with van der Waals surface area (Å²) in [5.41, 5.74) is -0.0256. The van der Waals surface area contributed by atoms with Crippen LogP contribution in [0.1, 0.15) is 124 Å². The quantitative estimate of drug-likeness (QED) is 0.402. The molecule has 3 atom stereocenters. The van der Waals surface area contributed by atoms with Crippen molar-refractivity contribution in [3.05, 3.63) is 12.7 Å². The lowest BCUT2D eigenvalue weighted by Gasteiger charge is -2.42. The Kier molecular flexibility index (Phi) is 8.50. The molecule has 0 aromatic rings. The van der Waals surface area contributed by atoms with Crippen molar-refractivity contribution in [3.8, 4) is 0 Å². The molecule has 30 heavy (non-hydrogen) atoms. The SMILES string of the molecule is C=C[C@](CCC1CCCCC1)(CC1CCCCC1)C(=O)NC1CC(C)CC(C)(C)C1. The van der Waals surface area contributed by atoms with Crippen LogP contribution in [0.3, 0.4) is 0 Å². The summed E-state index contributed by atoms with van der Waals surface area (Å²) in [5, 5.41) is 3.56. The van der Waals surface area contributed by atoms with Gasteiger partial charge in [0, 0.05) is 6.04 Å². The van der Waals surface area contributed by atoms with Gasteiger partial charge in [0.2, 0.25) is 5.91 Å². The molecule has 0 aliphatic heterocycles. The van der Waals surface area contributed by atoms with Crippen molar-refractivity contribution in [3.63, 3.8) is 0 Å². The molecule has 3 aliphatic rings. The van der Waals surface area contributed by atoms with E-state index in [1.54, 1.807) is 0 Å². The third-order valence-electron chi connectivity index (χ3n) is 8.67. The van der Waals surface area contributed by atoms with Crippen molar-refractivity contribution < 1.29 is 4.79 Å². The Balaban J connectivity index is 1.70. The maximum absolute atomic E-state index is 13.8. The molecule has 2 nitrogen and oxygen atoms in total. The highest BCUT2D eigenvalue weighted by Crippen LogP contribution is 2.43. The molecule has 172 valence electrons. The van der Waals surface area contributed by atoms with E-state index in [4.69, 9.17) is 0 Å². The van der Waals surface area contributed by atoms with E-state index in [1.165, 1.54) is 77.0 Å². The number of hydrogen-bond acceptors (Lipinski definition) is 1. The molecule has 0 aromatic carbocycles. The summed E-state index contributed by atoms with van der Waals surface area (Å²) < 4.78 is 0. The first kappa shape index (κ1) is 23.9. The van der Waals surface area contributed by atoms with E-state index >= 15 is 0 Å². The van der Waals surface area contributed by atoms with Gasteiger partial charge in [0.15, 0.2) is 0 Å². The minimum absolute atomic E-state index is 0.300. The summed E-state index contributed by atoms with van der Waals surface area (Å²) in [7, 11) is 0. The fourth-order valence-electron chi connectivity index (χ4n) is 7.22. The third-order valence-corrected chi connectivity index (χ3v) is 8.67. The Morgan fingerprint density at radius 1 is 1.00 bits per heavy atom. The zero-order valence-electron chi connectivity index (χ0n) is 20.3. The van der Waals surface area contributed by atoms with Crippen molar-refractivity contribution in [1.29, 1.82) is 0 Å². The molecule has 3 fully saturated rings. The lowest BCUT2D eigenvalue weighted by Crippen LogP contribution is -2.49. The number of amides is 1. The predicted octanol–water partition coefficient (Wildman–Crippen LogP) is 7.82. The van der Waals surface area contributed by atoms with E-state index in [0.717, 1.165) is 31.6 Å². The van der Waals surface area contributed by atoms with Crippen LogP contribution in [0.25, 0.3) is 0 Å². The number of nitrogens with one attached hydrogen (secondary N) is 1. The number of carbonyl (C=O) groups is 1. The highest BCUT2D eigenvalue weighted by molar-refractivity contribution is 5.84. The van der Waals surface area contributed by atoms with Crippen LogP contribution < -0.4 is 5.32 Å². The predicted molar refractivity (Wildman–Crippen MR) is 128 cm³/mol. The summed E-state index contributed by atoms with van der Waals surface area (Å²) >= 11 is 0. The zero-order valence-corrected chi connectivity index (χ0v) is 20.3. The molecule has 3 saturated carbocycles. The summed E-state index contributed by atoms with van der Waals surface area (Å²) in [6, 6.07) is 0.330. The molecular formula is C28H49NO. The average Bonchev–Trinajstić information content (AvgIpc) is 2.71. The van der Waals surface area contributed by atoms with E-state index < -0.39 is 0 Å². The Labute approximate surface area is 187 Å². The largest absolute Gasteiger partial charge is 0.353 e. The van der Waals surface area contributed by atoms with Gasteiger partial charge in [-0.1, -0.05) is 91.1 Å². The number of carbonyl (C=O) groups excluding carboxylic acids is 1. The van der Waals surface area contributed by atoms with Gasteiger partial charge in [-0.2, -0.15) is 0 Å². The van der Waals surface area contributed by atoms with Gasteiger partial charge in [0.05, 0.1) is 5.41 Å². The summed E-state index contributed by atoms with van der Waals surface area (Å²) in [6.07, 6.45) is 22.4. The fourth-order valence-corrected chi connectivity index (χ4v) is 7.22. The van der Waals surface area contributed by atoms with Crippen LogP contribution in [0.15, 0.2) is 12.7 Å². The summed E-state index contributed by atoms with van der Waals surface area (Å²) in [4.78, 5) is 13.8. The first-order valence-electron chi connectivity index (χ1n) is 13.3. The van der Waals surface area contributed by atoms with Gasteiger partial charge >= 0.3 is 0 Å². The maximum atomic E-state index is 13.8. The minimum atomic E-state index is -0.357. The van der Waals surface area contributed by atoms with Gasteiger partial charge < -0.3 is 5.32 Å². The number of hydrogen-bond donors (Lipinski definition) is 1. The molecule has 0 saturated heterocycles. The van der Waals surface area contributed by atoms with E-state index in [-0.39, 0.29) is 5.41 Å². The molecule has 0 heterocycles. The Morgan fingerprint density at radius 2 is 1.60 bits per heavy atom. The van der Waals surface area contributed by atoms with Crippen molar-refractivity contribution in [1.82, 2.24) is 5.32 Å². The van der Waals surface area contributed by atoms with Crippen molar-refractivity contribution in [2.24, 2.45) is 28.6 Å². The van der Waals surface area contributed by atoms with Gasteiger partial charge in [-0.25, -0.2) is 0 Å². The maximum Gasteiger partial charge on any atom is 0.230 e. The van der Waals surface area contributed by atoms with Gasteiger partial charge in [0.1, 0.15) is 0 Å². The van der Waals surface area contributed by atoms with E-state index in [2.05, 4.69) is 38.7 Å². The summed E-state index contributed by atoms with van der Waals surface area (Å²) in [5.74, 6) is 2.52. The highest BCUT2D eigenvalue weighted by atomic mass is 16.2. The number of rotatable bonds is 8. The fraction of sp³-hybridized carbons (Fsp3) is 0.893. The van der Waals surface area contributed by atoms with Crippen LogP contribution in [0.4, 0.5) is 0 Å². The highest BCUT2D eigenvalue weighted by Gasteiger charge is 2.41. The molecule has 1 amide bonds. The minimum Gasteiger partial charge on any atom is -0.353 e. The van der Waals surface area contributed by atoms with Crippen LogP contribution in [0, 0.1) is 28.6 Å². The Morgan fingerprint density at radius 3 is 2.17 bits per heavy atom. The van der Waals surface area contributed by atoms with Crippen LogP contribution in [-0.4, -0.2) is 11.9 Å². The van der Waals surface area contributed by atoms with Gasteiger partial charge in [-0.3, -0.25) is 4.79 Å². The smallest absolute Gasteiger partial charge is 0.230 e. The second kappa shape index (κ2) is 10.7. The van der Waals surface area contributed by atoms with Crippen molar-refractivity contribution >= 4 is 5.91 Å². The molecule has 1 N–H and O–H groups in total. The van der Waals surface area contributed by atoms with Crippen LogP contribution >= 0.6 is 0 Å². The Hall–Kier alpha value is -0.790. The van der Waals surface area contributed by atoms with E-state index in [9.17, 15) is 4.79 Å². The van der Waals surface area contributed by atoms with E-state index in [1.807, 2.05) is 0 Å². The molecular weight excluding hydrogens is 366 g/mol. The molecule has 3 aliphatic carbocycles. The van der Waals surface area contributed by atoms with Gasteiger partial charge in [-0.15, -0.1) is 6.58 Å². The van der Waals surface area contributed by atoms with Crippen LogP contribution in [0.5, 0.6) is 0 Å². The molecule has 0 radical (unpaired) electrons. The van der Waals surface area contributed by atoms with E-state index in [0.29, 0.717) is 29.2 Å². The van der Waals surface area contributed by atoms with Crippen molar-refractivity contribution in [2.75, 3.05) is 0 Å². The van der Waals surface area contributed by atoms with Gasteiger partial charge in [-0.05, 0) is 61.7 Å². The zero-order chi connectivity index (χ0) is 21.6. The normalized spacial score (nSPS) is 30.4. The lowest BCUT2D eigenvalue weighted by molar-refractivity contribution is -0.131. The first-order chi connectivity index (χ1) is 14.3. The molecule has 2 heteroatoms. The first-order valence-corrected chi connectivity index (χ1v) is 13.3. The topological polar surface area (TPSA) is 29.1 Å². The van der Waals surface area contributed by atoms with Crippen LogP contribution in [-0.2, 0) is 4.79 Å². The molecule has 2 unspecified atom stereocenters. The standard InChI is InChI=1S/C28H49NO/c1-5-28(20-24-14-10-7-11-15-24,17-16-23-12-8-6-9-13-23)26(30)29-25-18-22(2)19-27(3,4)21-25/h5,22-25H,1,6-21H2,2-4H3,(H,29,30)/t22?,25?,28-/m0/s1. The molecule has 3 rings (SSSR count). The molecule has 0 bridgehead atoms. The summed E-state index contributed by atoms with van der Waals surface area (Å²) in [6.45, 7) is 11.3. The third kappa shape index (κ3) is 6.60. The second-order valence-electron chi connectivity index (χ2n) is 12.2. The van der Waals surface area contributed by atoms with Gasteiger partial charge in [0.25, 0.3) is 0 Å². The average molecular weight is 416 g/mol. The lowest BCUT2D eigenvalue weighted by atomic mass is 9.68. The Bertz CT molecular complexity index is 555. The van der Waals surface area contributed by atoms with Crippen molar-refractivity contribution in [2.45, 2.75) is 130 Å². The molecule has 0 aromatic heterocycles. The molecule has 0 spiro atoms. The monoisotopic (exact) mass is 415 g/mol. The van der Waals surface area contributed by atoms with Crippen LogP contribution in [0.2, 0.25) is 0 Å².